The van der Waals surface area contributed by atoms with E-state index in [1.807, 2.05) is 6.92 Å². The number of aliphatic imine (C=N–C) groups is 1. The Hall–Kier alpha value is -4.09. The second kappa shape index (κ2) is 16.1. The highest BCUT2D eigenvalue weighted by Crippen LogP contribution is 2.90. The average molecular weight is 1220 g/mol. The number of benzene rings is 3. The first-order valence-corrected chi connectivity index (χ1v) is 35.5. The van der Waals surface area contributed by atoms with Crippen LogP contribution in [-0.2, 0) is 40.3 Å². The molecule has 3 saturated heterocycles. The average Bonchev–Trinajstić information content (AvgIpc) is 1.44. The monoisotopic (exact) mass is 1220 g/mol. The molecule has 11 heteroatoms. The number of likely N-dealkylation sites (tertiary alicyclic amines) is 3. The largest absolute Gasteiger partial charge is 0.488 e. The number of fused-ring (bicyclic) bond motifs is 6. The molecule has 21 aliphatic rings. The zero-order chi connectivity index (χ0) is 63.8. The summed E-state index contributed by atoms with van der Waals surface area (Å²) in [5, 5.41) is 30.1. The van der Waals surface area contributed by atoms with Gasteiger partial charge in [-0.05, 0) is 215 Å². The van der Waals surface area contributed by atoms with Gasteiger partial charge in [-0.1, -0.05) is 98.7 Å². The highest BCUT2D eigenvalue weighted by atomic mass is 16.5. The molecule has 12 saturated carbocycles. The van der Waals surface area contributed by atoms with Gasteiger partial charge in [0.05, 0.1) is 17.2 Å². The van der Waals surface area contributed by atoms with Crippen LogP contribution in [0.25, 0.3) is 0 Å². The Labute approximate surface area is 537 Å². The number of rotatable bonds is 3. The van der Waals surface area contributed by atoms with Crippen molar-refractivity contribution in [2.24, 2.45) is 66.1 Å². The van der Waals surface area contributed by atoms with E-state index in [0.717, 1.165) is 25.7 Å². The van der Waals surface area contributed by atoms with Crippen molar-refractivity contribution in [2.45, 2.75) is 281 Å². The summed E-state index contributed by atoms with van der Waals surface area (Å²) in [5.74, 6) is 4.69. The molecule has 15 fully saturated rings. The van der Waals surface area contributed by atoms with Crippen molar-refractivity contribution in [2.75, 3.05) is 28.2 Å². The van der Waals surface area contributed by atoms with E-state index >= 15 is 0 Å². The predicted octanol–water partition coefficient (Wildman–Crippen LogP) is 13.0. The normalized spacial score (nSPS) is 51.7. The zero-order valence-corrected chi connectivity index (χ0v) is 58.1. The third kappa shape index (κ3) is 5.57. The molecule has 20 unspecified atom stereocenters. The van der Waals surface area contributed by atoms with Gasteiger partial charge in [-0.25, -0.2) is 10.4 Å². The van der Waals surface area contributed by atoms with Gasteiger partial charge in [0.25, 0.3) is 0 Å². The van der Waals surface area contributed by atoms with Crippen molar-refractivity contribution < 1.29 is 29.2 Å². The molecule has 12 bridgehead atoms. The van der Waals surface area contributed by atoms with Crippen LogP contribution < -0.4 is 14.2 Å². The first-order chi connectivity index (χ1) is 42.0. The van der Waals surface area contributed by atoms with Crippen molar-refractivity contribution in [3.05, 3.63) is 86.5 Å². The van der Waals surface area contributed by atoms with Crippen molar-refractivity contribution in [3.8, 4) is 17.2 Å². The minimum absolute atomic E-state index is 0.00907. The number of piperidine rings is 3. The van der Waals surface area contributed by atoms with Gasteiger partial charge in [0.1, 0.15) is 41.3 Å². The first-order valence-electron chi connectivity index (χ1n) is 35.5. The maximum atomic E-state index is 12.7. The van der Waals surface area contributed by atoms with E-state index in [1.54, 1.807) is 39.4 Å². The molecule has 3 aromatic carbocycles. The fourth-order valence-corrected chi connectivity index (χ4v) is 29.5. The lowest BCUT2D eigenvalue weighted by Gasteiger charge is -2.70. The highest BCUT2D eigenvalue weighted by molar-refractivity contribution is 5.81. The Kier molecular flexibility index (Phi) is 10.4. The molecule has 0 radical (unpaired) electrons. The lowest BCUT2D eigenvalue weighted by Crippen LogP contribution is -2.73. The van der Waals surface area contributed by atoms with Gasteiger partial charge >= 0.3 is 0 Å². The SMILES string of the molecule is CC(=O)C1CC23CCC1(C)C1Oc4c(C)ccc5c4[C@@]12CC1(C5)[C@H]3N1C.CN=C=N.Cc1ccc2c3c1OC1C4(C)CCC5(CC4C(C)(O)C(C)(C)C)[C@@H]4N(C)C4(C2)C[C@]315.Cc1ccc2c3c1OC1C4(C)CCC5(CC4C(C)(O)C(C)(C)C)[C@@H]4N(C)C4(C2)C[C@]315. The number of hydrogen-bond donors (Lipinski definition) is 3. The Morgan fingerprint density at radius 2 is 0.833 bits per heavy atom. The van der Waals surface area contributed by atoms with Gasteiger partial charge in [-0.15, -0.1) is 0 Å². The number of aryl methyl sites for hydroxylation is 3. The second-order valence-electron chi connectivity index (χ2n) is 38.1. The third-order valence-corrected chi connectivity index (χ3v) is 34.0. The smallest absolute Gasteiger partial charge is 0.133 e. The molecule has 0 amide bonds. The zero-order valence-electron chi connectivity index (χ0n) is 58.1. The third-order valence-electron chi connectivity index (χ3n) is 34.0. The van der Waals surface area contributed by atoms with Crippen LogP contribution >= 0.6 is 0 Å². The molecule has 482 valence electrons. The molecule has 26 atom stereocenters. The molecule has 3 N–H and O–H groups in total. The number of likely N-dealkylation sites (N-methyl/N-ethyl adjacent to an activating group) is 3. The van der Waals surface area contributed by atoms with Crippen LogP contribution in [0.4, 0.5) is 0 Å². The summed E-state index contributed by atoms with van der Waals surface area (Å²) in [7, 11) is 8.59. The van der Waals surface area contributed by atoms with Gasteiger partial charge in [0.2, 0.25) is 0 Å². The summed E-state index contributed by atoms with van der Waals surface area (Å²) in [6.45, 7) is 33.4. The Morgan fingerprint density at radius 1 is 0.533 bits per heavy atom. The number of aliphatic hydroxyl groups is 2. The number of carbonyl (C=O) groups is 1. The quantitative estimate of drug-likeness (QED) is 0.173. The van der Waals surface area contributed by atoms with E-state index < -0.39 is 11.2 Å². The second-order valence-corrected chi connectivity index (χ2v) is 38.1. The lowest BCUT2D eigenvalue weighted by molar-refractivity contribution is -0.246. The Balaban J connectivity index is 0.0000000977. The number of hydrogen-bond acceptors (Lipinski definition) is 11. The first kappa shape index (κ1) is 58.5. The molecule has 6 aliphatic heterocycles. The van der Waals surface area contributed by atoms with E-state index in [-0.39, 0.29) is 95.6 Å². The molecule has 0 aromatic heterocycles. The topological polar surface area (TPSA) is 130 Å². The van der Waals surface area contributed by atoms with Gasteiger partial charge in [0.15, 0.2) is 0 Å². The van der Waals surface area contributed by atoms with Crippen LogP contribution in [0, 0.1) is 87.3 Å². The molecule has 3 aromatic rings. The van der Waals surface area contributed by atoms with Crippen LogP contribution in [0.2, 0.25) is 0 Å². The molecule has 15 aliphatic carbocycles. The van der Waals surface area contributed by atoms with Crippen LogP contribution in [0.15, 0.2) is 41.4 Å². The van der Waals surface area contributed by atoms with E-state index in [0.29, 0.717) is 40.5 Å². The Bertz CT molecular complexity index is 3730. The summed E-state index contributed by atoms with van der Waals surface area (Å²) >= 11 is 0. The number of nitrogens with one attached hydrogen (secondary N) is 1. The number of ketones is 1. The molecule has 24 rings (SSSR count). The van der Waals surface area contributed by atoms with Crippen LogP contribution in [-0.4, -0.2) is 129 Å². The molecular weight excluding hydrogens is 1110 g/mol. The highest BCUT2D eigenvalue weighted by Gasteiger charge is 2.94. The van der Waals surface area contributed by atoms with Crippen molar-refractivity contribution in [3.63, 3.8) is 0 Å². The van der Waals surface area contributed by atoms with E-state index in [2.05, 4.69) is 174 Å². The number of Topliss-reactive ketones (excluding diaryl/α,β-unsaturated/α-hetero) is 1. The van der Waals surface area contributed by atoms with E-state index in [4.69, 9.17) is 19.6 Å². The maximum absolute atomic E-state index is 12.7. The molecule has 90 heavy (non-hydrogen) atoms. The van der Waals surface area contributed by atoms with Gasteiger partial charge in [-0.3, -0.25) is 19.5 Å². The maximum Gasteiger partial charge on any atom is 0.133 e. The number of carbonyl (C=O) groups excluding carboxylic acids is 1. The summed E-state index contributed by atoms with van der Waals surface area (Å²) in [4.78, 5) is 24.0. The van der Waals surface area contributed by atoms with Gasteiger partial charge < -0.3 is 24.4 Å². The van der Waals surface area contributed by atoms with Crippen LogP contribution in [0.1, 0.15) is 210 Å². The number of ether oxygens (including phenoxy) is 3. The minimum atomic E-state index is -0.718. The fourth-order valence-electron chi connectivity index (χ4n) is 29.5. The lowest BCUT2D eigenvalue weighted by atomic mass is 9.35. The number of nitrogens with zero attached hydrogens (tertiary/aromatic N) is 4. The minimum Gasteiger partial charge on any atom is -0.488 e. The fraction of sp³-hybridized carbons (Fsp3) is 0.747. The molecule has 11 nitrogen and oxygen atoms in total. The van der Waals surface area contributed by atoms with Crippen molar-refractivity contribution >= 4 is 11.8 Å². The van der Waals surface area contributed by atoms with Crippen LogP contribution in [0.3, 0.4) is 0 Å². The predicted molar refractivity (Wildman–Crippen MR) is 350 cm³/mol. The van der Waals surface area contributed by atoms with E-state index in [1.165, 1.54) is 112 Å². The van der Waals surface area contributed by atoms with Crippen LogP contribution in [0.5, 0.6) is 17.2 Å². The summed E-state index contributed by atoms with van der Waals surface area (Å²) in [6, 6.07) is 17.8. The van der Waals surface area contributed by atoms with Crippen molar-refractivity contribution in [1.82, 2.24) is 14.7 Å². The molecular formula is C79H105N5O6. The molecule has 9 spiro atoms. The van der Waals surface area contributed by atoms with Crippen molar-refractivity contribution in [1.29, 1.82) is 5.41 Å². The van der Waals surface area contributed by atoms with Gasteiger partial charge in [0, 0.05) is 113 Å². The van der Waals surface area contributed by atoms with E-state index in [9.17, 15) is 15.0 Å². The summed E-state index contributed by atoms with van der Waals surface area (Å²) in [5.41, 5.74) is 13.8. The molecule has 6 heterocycles. The summed E-state index contributed by atoms with van der Waals surface area (Å²) in [6.07, 6.45) is 18.7. The Morgan fingerprint density at radius 3 is 1.13 bits per heavy atom. The van der Waals surface area contributed by atoms with Gasteiger partial charge in [-0.2, -0.15) is 0 Å². The summed E-state index contributed by atoms with van der Waals surface area (Å²) < 4.78 is 21.1. The standard InChI is InChI=1S/2C27H37NO2.C23H27NO2.C2H4N2/c2*1-15-8-9-16-12-26-14-27-18(16)19(15)30-21(27)23(5)10-11-25(27,20(26)28(26)7)13-17(23)24(6,29)22(2,3)4;1-12-5-6-14-9-22-11-23-16(14)17(12)26-19(23)20(3)7-8-21(23,18(22)24(22)4)10-15(20)13(2)25;1-4-2-3/h2*8-9,17,20-21,29H,10-14H2,1-7H3;5-6,15,18-19H,7-11H2,1-4H3;3H,1H3/t2*17?,20-,21?,23?,24?,25?,26?,27-,28?;15?,18-,19?,20?,21?,22?,23-,24?;/m000./s1.